The quantitative estimate of drug-likeness (QED) is 0.663. The fraction of sp³-hybridized carbons (Fsp3) is 0.174. The molecule has 3 aromatic rings. The van der Waals surface area contributed by atoms with Crippen molar-refractivity contribution < 1.29 is 23.7 Å². The van der Waals surface area contributed by atoms with Crippen LogP contribution in [-0.2, 0) is 28.1 Å². The summed E-state index contributed by atoms with van der Waals surface area (Å²) in [5.74, 6) is 0.0629. The normalized spacial score (nSPS) is 15.0. The average molecular weight is 392 g/mol. The summed E-state index contributed by atoms with van der Waals surface area (Å²) in [6.07, 6.45) is 2.67. The second kappa shape index (κ2) is 8.24. The lowest BCUT2D eigenvalue weighted by molar-refractivity contribution is -0.0225. The molecule has 0 amide bonds. The summed E-state index contributed by atoms with van der Waals surface area (Å²) in [6.45, 7) is 0.129. The highest BCUT2D eigenvalue weighted by Gasteiger charge is 2.44. The molecule has 0 saturated heterocycles. The van der Waals surface area contributed by atoms with Crippen LogP contribution in [0.2, 0.25) is 0 Å². The standard InChI is InChI=1S/C23H20O6/c24-19-11-12-27-22(21(19)28-14-18-9-5-2-6-10-18)23(25,20-15-26-16-29-20)13-17-7-3-1-4-8-17/h1-12,15,25H,13-14,16H2. The molecule has 0 bridgehead atoms. The molecule has 1 unspecified atom stereocenters. The second-order valence-electron chi connectivity index (χ2n) is 6.65. The Morgan fingerprint density at radius 1 is 0.966 bits per heavy atom. The third-order valence-electron chi connectivity index (χ3n) is 4.62. The minimum atomic E-state index is -1.77. The number of rotatable bonds is 7. The Labute approximate surface area is 167 Å². The van der Waals surface area contributed by atoms with E-state index in [9.17, 15) is 9.90 Å². The van der Waals surface area contributed by atoms with E-state index in [1.807, 2.05) is 60.7 Å². The zero-order chi connectivity index (χ0) is 20.1. The molecule has 0 spiro atoms. The van der Waals surface area contributed by atoms with Crippen molar-refractivity contribution in [2.45, 2.75) is 18.6 Å². The average Bonchev–Trinajstić information content (AvgIpc) is 3.30. The van der Waals surface area contributed by atoms with E-state index in [1.165, 1.54) is 18.6 Å². The molecule has 29 heavy (non-hydrogen) atoms. The molecule has 0 aliphatic carbocycles. The van der Waals surface area contributed by atoms with E-state index < -0.39 is 11.0 Å². The molecule has 6 heteroatoms. The maximum Gasteiger partial charge on any atom is 0.230 e. The summed E-state index contributed by atoms with van der Waals surface area (Å²) in [5, 5.41) is 11.7. The van der Waals surface area contributed by atoms with Gasteiger partial charge in [-0.25, -0.2) is 0 Å². The molecule has 1 atom stereocenters. The SMILES string of the molecule is O=c1ccoc(C(O)(Cc2ccccc2)C2=COCO2)c1OCc1ccccc1. The van der Waals surface area contributed by atoms with Gasteiger partial charge in [0.15, 0.2) is 17.1 Å². The summed E-state index contributed by atoms with van der Waals surface area (Å²) in [7, 11) is 0. The monoisotopic (exact) mass is 392 g/mol. The Bertz CT molecular complexity index is 1040. The lowest BCUT2D eigenvalue weighted by Crippen LogP contribution is -2.33. The van der Waals surface area contributed by atoms with Gasteiger partial charge in [0, 0.05) is 12.5 Å². The van der Waals surface area contributed by atoms with Gasteiger partial charge >= 0.3 is 0 Å². The minimum Gasteiger partial charge on any atom is -0.482 e. The molecular weight excluding hydrogens is 372 g/mol. The van der Waals surface area contributed by atoms with Crippen molar-refractivity contribution in [1.82, 2.24) is 0 Å². The third kappa shape index (κ3) is 4.02. The Kier molecular flexibility index (Phi) is 5.35. The number of benzene rings is 2. The molecule has 1 aliphatic rings. The number of hydrogen-bond donors (Lipinski definition) is 1. The minimum absolute atomic E-state index is 0.0241. The number of ether oxygens (including phenoxy) is 3. The zero-order valence-corrected chi connectivity index (χ0v) is 15.6. The van der Waals surface area contributed by atoms with Crippen molar-refractivity contribution in [3.63, 3.8) is 0 Å². The lowest BCUT2D eigenvalue weighted by atomic mass is 9.89. The summed E-state index contributed by atoms with van der Waals surface area (Å²) >= 11 is 0. The van der Waals surface area contributed by atoms with E-state index >= 15 is 0 Å². The van der Waals surface area contributed by atoms with Crippen molar-refractivity contribution >= 4 is 0 Å². The number of hydrogen-bond acceptors (Lipinski definition) is 6. The van der Waals surface area contributed by atoms with Crippen LogP contribution in [0.4, 0.5) is 0 Å². The van der Waals surface area contributed by atoms with Crippen molar-refractivity contribution in [3.05, 3.63) is 112 Å². The van der Waals surface area contributed by atoms with Gasteiger partial charge in [-0.1, -0.05) is 60.7 Å². The van der Waals surface area contributed by atoms with Crippen LogP contribution >= 0.6 is 0 Å². The molecule has 0 radical (unpaired) electrons. The fourth-order valence-corrected chi connectivity index (χ4v) is 3.19. The maximum absolute atomic E-state index is 12.6. The molecule has 2 heterocycles. The van der Waals surface area contributed by atoms with Crippen LogP contribution < -0.4 is 10.2 Å². The summed E-state index contributed by atoms with van der Waals surface area (Å²) < 4.78 is 22.1. The van der Waals surface area contributed by atoms with Gasteiger partial charge in [0.05, 0.1) is 6.26 Å². The van der Waals surface area contributed by atoms with Gasteiger partial charge < -0.3 is 23.7 Å². The first-order chi connectivity index (χ1) is 14.2. The van der Waals surface area contributed by atoms with Gasteiger partial charge in [0.1, 0.15) is 12.9 Å². The van der Waals surface area contributed by atoms with Gasteiger partial charge in [0.25, 0.3) is 0 Å². The van der Waals surface area contributed by atoms with Crippen LogP contribution in [0, 0.1) is 0 Å². The summed E-state index contributed by atoms with van der Waals surface area (Å²) in [5.41, 5.74) is -0.460. The second-order valence-corrected chi connectivity index (χ2v) is 6.65. The van der Waals surface area contributed by atoms with Crippen molar-refractivity contribution in [3.8, 4) is 5.75 Å². The summed E-state index contributed by atoms with van der Waals surface area (Å²) in [4.78, 5) is 12.6. The molecule has 0 saturated carbocycles. The van der Waals surface area contributed by atoms with E-state index in [2.05, 4.69) is 0 Å². The topological polar surface area (TPSA) is 78.1 Å². The maximum atomic E-state index is 12.6. The van der Waals surface area contributed by atoms with E-state index in [1.54, 1.807) is 0 Å². The highest BCUT2D eigenvalue weighted by atomic mass is 16.7. The van der Waals surface area contributed by atoms with Crippen LogP contribution in [0.25, 0.3) is 0 Å². The Hall–Kier alpha value is -3.51. The first-order valence-electron chi connectivity index (χ1n) is 9.17. The Balaban J connectivity index is 1.74. The highest BCUT2D eigenvalue weighted by molar-refractivity contribution is 5.37. The molecule has 148 valence electrons. The molecule has 4 rings (SSSR count). The van der Waals surface area contributed by atoms with E-state index in [0.29, 0.717) is 0 Å². The first kappa shape index (κ1) is 18.8. The van der Waals surface area contributed by atoms with E-state index in [-0.39, 0.29) is 37.1 Å². The van der Waals surface area contributed by atoms with E-state index in [4.69, 9.17) is 18.6 Å². The predicted molar refractivity (Wildman–Crippen MR) is 105 cm³/mol. The van der Waals surface area contributed by atoms with Crippen molar-refractivity contribution in [2.75, 3.05) is 6.79 Å². The largest absolute Gasteiger partial charge is 0.482 e. The van der Waals surface area contributed by atoms with Crippen LogP contribution in [0.3, 0.4) is 0 Å². The van der Waals surface area contributed by atoms with Crippen LogP contribution in [0.5, 0.6) is 5.75 Å². The van der Waals surface area contributed by atoms with Gasteiger partial charge in [-0.05, 0) is 11.1 Å². The lowest BCUT2D eigenvalue weighted by Gasteiger charge is -2.28. The van der Waals surface area contributed by atoms with Crippen LogP contribution in [0.15, 0.2) is 94.2 Å². The zero-order valence-electron chi connectivity index (χ0n) is 15.6. The molecule has 6 nitrogen and oxygen atoms in total. The van der Waals surface area contributed by atoms with Crippen molar-refractivity contribution in [1.29, 1.82) is 0 Å². The van der Waals surface area contributed by atoms with Crippen LogP contribution in [-0.4, -0.2) is 11.9 Å². The molecule has 0 fully saturated rings. The molecule has 1 aromatic heterocycles. The molecule has 2 aromatic carbocycles. The molecular formula is C23H20O6. The van der Waals surface area contributed by atoms with E-state index in [0.717, 1.165) is 11.1 Å². The van der Waals surface area contributed by atoms with Crippen LogP contribution in [0.1, 0.15) is 16.9 Å². The number of aliphatic hydroxyl groups is 1. The molecule has 1 N–H and O–H groups in total. The van der Waals surface area contributed by atoms with Gasteiger partial charge in [-0.3, -0.25) is 4.79 Å². The molecule has 1 aliphatic heterocycles. The Morgan fingerprint density at radius 2 is 1.66 bits per heavy atom. The fourth-order valence-electron chi connectivity index (χ4n) is 3.19. The third-order valence-corrected chi connectivity index (χ3v) is 4.62. The van der Waals surface area contributed by atoms with Gasteiger partial charge in [0.2, 0.25) is 18.0 Å². The highest BCUT2D eigenvalue weighted by Crippen LogP contribution is 2.39. The smallest absolute Gasteiger partial charge is 0.230 e. The first-order valence-corrected chi connectivity index (χ1v) is 9.17. The van der Waals surface area contributed by atoms with Gasteiger partial charge in [-0.15, -0.1) is 0 Å². The predicted octanol–water partition coefficient (Wildman–Crippen LogP) is 3.49. The van der Waals surface area contributed by atoms with Crippen molar-refractivity contribution in [2.24, 2.45) is 0 Å². The summed E-state index contributed by atoms with van der Waals surface area (Å²) in [6, 6.07) is 20.0. The Morgan fingerprint density at radius 3 is 2.31 bits per heavy atom. The van der Waals surface area contributed by atoms with Gasteiger partial charge in [-0.2, -0.15) is 0 Å².